The molecule has 102 valence electrons. The maximum absolute atomic E-state index is 2.39. The molecule has 0 aliphatic carbocycles. The van der Waals surface area contributed by atoms with Gasteiger partial charge >= 0.3 is 0 Å². The molecule has 0 aromatic heterocycles. The fraction of sp³-hybridized carbons (Fsp3) is 0.882. The Hall–Kier alpha value is -0.260. The van der Waals surface area contributed by atoms with Crippen molar-refractivity contribution in [3.8, 4) is 0 Å². The van der Waals surface area contributed by atoms with Gasteiger partial charge in [-0.3, -0.25) is 0 Å². The predicted octanol–water partition coefficient (Wildman–Crippen LogP) is 6.37. The Labute approximate surface area is 110 Å². The molecule has 17 heavy (non-hydrogen) atoms. The quantitative estimate of drug-likeness (QED) is 0.290. The molecule has 0 aliphatic heterocycles. The minimum absolute atomic E-state index is 0.875. The Kier molecular flexibility index (Phi) is 12.0. The van der Waals surface area contributed by atoms with Gasteiger partial charge in [-0.25, -0.2) is 0 Å². The van der Waals surface area contributed by atoms with Crippen LogP contribution in [0.15, 0.2) is 12.2 Å². The Morgan fingerprint density at radius 2 is 1.00 bits per heavy atom. The molecule has 0 fully saturated rings. The second-order valence-electron chi connectivity index (χ2n) is 6.18. The largest absolute Gasteiger partial charge is 0.0885 e. The summed E-state index contributed by atoms with van der Waals surface area (Å²) in [7, 11) is 0. The van der Waals surface area contributed by atoms with Crippen LogP contribution in [0.5, 0.6) is 0 Å². The van der Waals surface area contributed by atoms with E-state index in [9.17, 15) is 0 Å². The van der Waals surface area contributed by atoms with Crippen molar-refractivity contribution in [2.24, 2.45) is 11.8 Å². The van der Waals surface area contributed by atoms with Crippen LogP contribution in [-0.4, -0.2) is 0 Å². The third-order valence-electron chi connectivity index (χ3n) is 3.22. The fourth-order valence-electron chi connectivity index (χ4n) is 2.04. The zero-order valence-corrected chi connectivity index (χ0v) is 12.7. The number of hydrogen-bond donors (Lipinski definition) is 0. The molecule has 0 spiro atoms. The minimum Gasteiger partial charge on any atom is -0.0885 e. The van der Waals surface area contributed by atoms with Gasteiger partial charge in [0.15, 0.2) is 0 Å². The molecule has 0 radical (unpaired) electrons. The van der Waals surface area contributed by atoms with Crippen LogP contribution in [0.25, 0.3) is 0 Å². The van der Waals surface area contributed by atoms with Gasteiger partial charge in [-0.1, -0.05) is 72.0 Å². The molecular formula is C17H34. The van der Waals surface area contributed by atoms with E-state index in [1.54, 1.807) is 0 Å². The van der Waals surface area contributed by atoms with E-state index in [2.05, 4.69) is 39.8 Å². The zero-order chi connectivity index (χ0) is 12.9. The highest BCUT2D eigenvalue weighted by atomic mass is 14.0. The molecule has 0 nitrogen and oxygen atoms in total. The smallest absolute Gasteiger partial charge is 0.0351 e. The third-order valence-corrected chi connectivity index (χ3v) is 3.22. The highest BCUT2D eigenvalue weighted by Crippen LogP contribution is 2.11. The van der Waals surface area contributed by atoms with Gasteiger partial charge in [0.2, 0.25) is 0 Å². The van der Waals surface area contributed by atoms with Gasteiger partial charge in [-0.05, 0) is 37.5 Å². The molecule has 0 atom stereocenters. The molecule has 0 aromatic rings. The van der Waals surface area contributed by atoms with E-state index >= 15 is 0 Å². The molecule has 0 rings (SSSR count). The SMILES string of the molecule is CC(C)CCCC/C=C/CCCCCC(C)C. The number of rotatable bonds is 11. The number of allylic oxidation sites excluding steroid dienone is 2. The molecule has 0 amide bonds. The fourth-order valence-corrected chi connectivity index (χ4v) is 2.04. The second-order valence-corrected chi connectivity index (χ2v) is 6.18. The molecule has 0 unspecified atom stereocenters. The van der Waals surface area contributed by atoms with Crippen LogP contribution in [-0.2, 0) is 0 Å². The van der Waals surface area contributed by atoms with Crippen LogP contribution in [0.3, 0.4) is 0 Å². The topological polar surface area (TPSA) is 0 Å². The molecule has 0 heteroatoms. The first-order chi connectivity index (χ1) is 8.13. The Morgan fingerprint density at radius 3 is 1.47 bits per heavy atom. The highest BCUT2D eigenvalue weighted by Gasteiger charge is 1.93. The minimum atomic E-state index is 0.875. The average Bonchev–Trinajstić information content (AvgIpc) is 2.25. The lowest BCUT2D eigenvalue weighted by atomic mass is 10.0. The van der Waals surface area contributed by atoms with Crippen LogP contribution in [0, 0.1) is 11.8 Å². The monoisotopic (exact) mass is 238 g/mol. The van der Waals surface area contributed by atoms with E-state index in [-0.39, 0.29) is 0 Å². The van der Waals surface area contributed by atoms with Crippen LogP contribution in [0.2, 0.25) is 0 Å². The normalized spacial score (nSPS) is 12.1. The number of unbranched alkanes of at least 4 members (excludes halogenated alkanes) is 5. The van der Waals surface area contributed by atoms with E-state index in [1.165, 1.54) is 57.8 Å². The van der Waals surface area contributed by atoms with E-state index in [4.69, 9.17) is 0 Å². The van der Waals surface area contributed by atoms with Crippen molar-refractivity contribution in [1.29, 1.82) is 0 Å². The summed E-state index contributed by atoms with van der Waals surface area (Å²) in [6.07, 6.45) is 17.2. The van der Waals surface area contributed by atoms with Crippen molar-refractivity contribution in [1.82, 2.24) is 0 Å². The Morgan fingerprint density at radius 1 is 0.588 bits per heavy atom. The lowest BCUT2D eigenvalue weighted by Crippen LogP contribution is -1.86. The maximum Gasteiger partial charge on any atom is -0.0351 e. The summed E-state index contributed by atoms with van der Waals surface area (Å²) in [4.78, 5) is 0. The maximum atomic E-state index is 2.39. The summed E-state index contributed by atoms with van der Waals surface area (Å²) in [6, 6.07) is 0. The summed E-state index contributed by atoms with van der Waals surface area (Å²) in [5, 5.41) is 0. The Bertz CT molecular complexity index is 165. The molecule has 0 heterocycles. The van der Waals surface area contributed by atoms with E-state index in [1.807, 2.05) is 0 Å². The third kappa shape index (κ3) is 15.7. The molecule has 0 saturated heterocycles. The lowest BCUT2D eigenvalue weighted by molar-refractivity contribution is 0.528. The van der Waals surface area contributed by atoms with Crippen molar-refractivity contribution >= 4 is 0 Å². The van der Waals surface area contributed by atoms with Gasteiger partial charge < -0.3 is 0 Å². The molecule has 0 aliphatic rings. The highest BCUT2D eigenvalue weighted by molar-refractivity contribution is 4.81. The van der Waals surface area contributed by atoms with Crippen LogP contribution in [0.4, 0.5) is 0 Å². The predicted molar refractivity (Wildman–Crippen MR) is 80.4 cm³/mol. The first kappa shape index (κ1) is 16.7. The van der Waals surface area contributed by atoms with Crippen LogP contribution < -0.4 is 0 Å². The lowest BCUT2D eigenvalue weighted by Gasteiger charge is -2.03. The van der Waals surface area contributed by atoms with Crippen molar-refractivity contribution in [2.45, 2.75) is 85.5 Å². The average molecular weight is 238 g/mol. The van der Waals surface area contributed by atoms with Crippen LogP contribution in [0.1, 0.15) is 85.5 Å². The number of hydrogen-bond acceptors (Lipinski definition) is 0. The van der Waals surface area contributed by atoms with Gasteiger partial charge in [0.1, 0.15) is 0 Å². The zero-order valence-electron chi connectivity index (χ0n) is 12.7. The van der Waals surface area contributed by atoms with E-state index in [0.717, 1.165) is 11.8 Å². The molecule has 0 N–H and O–H groups in total. The summed E-state index contributed by atoms with van der Waals surface area (Å²) in [5.74, 6) is 1.76. The van der Waals surface area contributed by atoms with Crippen molar-refractivity contribution in [3.63, 3.8) is 0 Å². The molecule has 0 aromatic carbocycles. The standard InChI is InChI=1S/C17H34/c1-16(2)14-12-10-8-6-5-7-9-11-13-15-17(3)4/h5-6,16-17H,7-15H2,1-4H3/b6-5+. The van der Waals surface area contributed by atoms with Crippen LogP contribution >= 0.6 is 0 Å². The Balaban J connectivity index is 3.10. The van der Waals surface area contributed by atoms with Gasteiger partial charge in [0.25, 0.3) is 0 Å². The van der Waals surface area contributed by atoms with Gasteiger partial charge in [0.05, 0.1) is 0 Å². The van der Waals surface area contributed by atoms with Crippen molar-refractivity contribution < 1.29 is 0 Å². The molecule has 0 bridgehead atoms. The molecular weight excluding hydrogens is 204 g/mol. The first-order valence-electron chi connectivity index (χ1n) is 7.78. The summed E-state index contributed by atoms with van der Waals surface area (Å²) < 4.78 is 0. The van der Waals surface area contributed by atoms with E-state index in [0.29, 0.717) is 0 Å². The van der Waals surface area contributed by atoms with Crippen molar-refractivity contribution in [2.75, 3.05) is 0 Å². The van der Waals surface area contributed by atoms with Gasteiger partial charge in [-0.15, -0.1) is 0 Å². The van der Waals surface area contributed by atoms with Gasteiger partial charge in [0, 0.05) is 0 Å². The first-order valence-corrected chi connectivity index (χ1v) is 7.78. The van der Waals surface area contributed by atoms with Crippen molar-refractivity contribution in [3.05, 3.63) is 12.2 Å². The summed E-state index contributed by atoms with van der Waals surface area (Å²) in [6.45, 7) is 9.26. The van der Waals surface area contributed by atoms with E-state index < -0.39 is 0 Å². The summed E-state index contributed by atoms with van der Waals surface area (Å²) >= 11 is 0. The second kappa shape index (κ2) is 12.2. The van der Waals surface area contributed by atoms with Gasteiger partial charge in [-0.2, -0.15) is 0 Å². The molecule has 0 saturated carbocycles. The summed E-state index contributed by atoms with van der Waals surface area (Å²) in [5.41, 5.74) is 0.